The number of aliphatic hydroxyl groups excluding tert-OH is 1. The van der Waals surface area contributed by atoms with E-state index in [1.165, 1.54) is 5.56 Å². The summed E-state index contributed by atoms with van der Waals surface area (Å²) in [5.74, 6) is 0. The van der Waals surface area contributed by atoms with Crippen LogP contribution in [0.2, 0.25) is 0 Å². The zero-order valence-corrected chi connectivity index (χ0v) is 11.7. The highest BCUT2D eigenvalue weighted by atomic mass is 16.5. The Hall–Kier alpha value is -1.65. The molecule has 3 rings (SSSR count). The number of aryl methyl sites for hydroxylation is 1. The number of aliphatic hydroxyl groups is 1. The molecule has 1 fully saturated rings. The fraction of sp³-hybridized carbons (Fsp3) is 0.438. The van der Waals surface area contributed by atoms with E-state index in [0.29, 0.717) is 13.2 Å². The predicted octanol–water partition coefficient (Wildman–Crippen LogP) is 2.20. The van der Waals surface area contributed by atoms with Crippen LogP contribution in [-0.4, -0.2) is 28.1 Å². The summed E-state index contributed by atoms with van der Waals surface area (Å²) in [5.41, 5.74) is 1.78. The van der Waals surface area contributed by atoms with E-state index in [9.17, 15) is 5.11 Å². The molecule has 20 heavy (non-hydrogen) atoms. The van der Waals surface area contributed by atoms with Crippen LogP contribution in [0.3, 0.4) is 0 Å². The molecule has 0 aliphatic carbocycles. The van der Waals surface area contributed by atoms with Crippen LogP contribution >= 0.6 is 0 Å². The van der Waals surface area contributed by atoms with E-state index in [-0.39, 0.29) is 5.41 Å². The molecule has 4 nitrogen and oxygen atoms in total. The monoisotopic (exact) mass is 272 g/mol. The summed E-state index contributed by atoms with van der Waals surface area (Å²) in [6.45, 7) is 1.37. The van der Waals surface area contributed by atoms with Gasteiger partial charge in [0.05, 0.1) is 12.3 Å². The fourth-order valence-electron chi connectivity index (χ4n) is 3.13. The third kappa shape index (κ3) is 2.25. The van der Waals surface area contributed by atoms with Gasteiger partial charge in [-0.1, -0.05) is 30.3 Å². The van der Waals surface area contributed by atoms with E-state index in [2.05, 4.69) is 17.2 Å². The Balaban J connectivity index is 2.01. The van der Waals surface area contributed by atoms with E-state index in [0.717, 1.165) is 18.4 Å². The van der Waals surface area contributed by atoms with Crippen LogP contribution < -0.4 is 0 Å². The second-order valence-corrected chi connectivity index (χ2v) is 5.48. The first-order valence-corrected chi connectivity index (χ1v) is 7.02. The van der Waals surface area contributed by atoms with Gasteiger partial charge in [-0.15, -0.1) is 0 Å². The summed E-state index contributed by atoms with van der Waals surface area (Å²) in [4.78, 5) is 0. The molecule has 2 aromatic rings. The third-order valence-corrected chi connectivity index (χ3v) is 4.30. The molecule has 1 saturated heterocycles. The van der Waals surface area contributed by atoms with Gasteiger partial charge in [0.25, 0.3) is 0 Å². The Kier molecular flexibility index (Phi) is 3.59. The van der Waals surface area contributed by atoms with Crippen LogP contribution in [0.4, 0.5) is 0 Å². The summed E-state index contributed by atoms with van der Waals surface area (Å²) < 4.78 is 7.24. The minimum Gasteiger partial charge on any atom is -0.387 e. The van der Waals surface area contributed by atoms with Crippen LogP contribution in [0.5, 0.6) is 0 Å². The van der Waals surface area contributed by atoms with E-state index in [1.54, 1.807) is 10.9 Å². The van der Waals surface area contributed by atoms with Gasteiger partial charge in [0.15, 0.2) is 0 Å². The second-order valence-electron chi connectivity index (χ2n) is 5.48. The molecule has 4 heteroatoms. The Labute approximate surface area is 119 Å². The molecule has 1 unspecified atom stereocenters. The van der Waals surface area contributed by atoms with E-state index < -0.39 is 6.10 Å². The van der Waals surface area contributed by atoms with Gasteiger partial charge in [0.2, 0.25) is 0 Å². The van der Waals surface area contributed by atoms with Gasteiger partial charge in [0, 0.05) is 37.4 Å². The molecule has 1 aliphatic heterocycles. The van der Waals surface area contributed by atoms with Crippen LogP contribution in [0.1, 0.15) is 30.1 Å². The van der Waals surface area contributed by atoms with Crippen LogP contribution in [0.25, 0.3) is 0 Å². The van der Waals surface area contributed by atoms with Gasteiger partial charge >= 0.3 is 0 Å². The van der Waals surface area contributed by atoms with Crippen molar-refractivity contribution in [1.82, 2.24) is 9.78 Å². The average Bonchev–Trinajstić information content (AvgIpc) is 2.94. The maximum absolute atomic E-state index is 11.0. The zero-order valence-electron chi connectivity index (χ0n) is 11.7. The van der Waals surface area contributed by atoms with Gasteiger partial charge in [-0.05, 0) is 18.4 Å². The molecule has 106 valence electrons. The van der Waals surface area contributed by atoms with Crippen LogP contribution in [0.15, 0.2) is 42.7 Å². The third-order valence-electron chi connectivity index (χ3n) is 4.30. The standard InChI is InChI=1S/C16H20N2O2/c1-18-12-13(11-17-18)15(19)16(7-9-20-10-8-16)14-5-3-2-4-6-14/h2-6,11-12,15,19H,7-10H2,1H3. The highest BCUT2D eigenvalue weighted by Gasteiger charge is 2.42. The summed E-state index contributed by atoms with van der Waals surface area (Å²) in [5, 5.41) is 15.1. The quantitative estimate of drug-likeness (QED) is 0.932. The number of rotatable bonds is 3. The van der Waals surface area contributed by atoms with Gasteiger partial charge < -0.3 is 9.84 Å². The van der Waals surface area contributed by atoms with E-state index in [4.69, 9.17) is 4.74 Å². The van der Waals surface area contributed by atoms with Gasteiger partial charge in [0.1, 0.15) is 0 Å². The van der Waals surface area contributed by atoms with Crippen molar-refractivity contribution < 1.29 is 9.84 Å². The topological polar surface area (TPSA) is 47.3 Å². The maximum Gasteiger partial charge on any atom is 0.0918 e. The summed E-state index contributed by atoms with van der Waals surface area (Å²) >= 11 is 0. The maximum atomic E-state index is 11.0. The lowest BCUT2D eigenvalue weighted by atomic mass is 9.68. The van der Waals surface area contributed by atoms with Crippen molar-refractivity contribution in [3.05, 3.63) is 53.9 Å². The Morgan fingerprint density at radius 3 is 2.55 bits per heavy atom. The Morgan fingerprint density at radius 2 is 1.95 bits per heavy atom. The number of ether oxygens (including phenoxy) is 1. The lowest BCUT2D eigenvalue weighted by molar-refractivity contribution is -0.0171. The van der Waals surface area contributed by atoms with E-state index >= 15 is 0 Å². The lowest BCUT2D eigenvalue weighted by Crippen LogP contribution is -2.39. The Morgan fingerprint density at radius 1 is 1.25 bits per heavy atom. The molecule has 1 atom stereocenters. The molecule has 0 bridgehead atoms. The highest BCUT2D eigenvalue weighted by Crippen LogP contribution is 2.44. The van der Waals surface area contributed by atoms with Gasteiger partial charge in [-0.3, -0.25) is 4.68 Å². The van der Waals surface area contributed by atoms with Crippen molar-refractivity contribution in [1.29, 1.82) is 0 Å². The molecule has 0 spiro atoms. The first-order chi connectivity index (χ1) is 9.72. The van der Waals surface area contributed by atoms with Gasteiger partial charge in [-0.25, -0.2) is 0 Å². The zero-order chi connectivity index (χ0) is 14.0. The molecule has 2 heterocycles. The molecule has 0 amide bonds. The smallest absolute Gasteiger partial charge is 0.0918 e. The van der Waals surface area contributed by atoms with Crippen molar-refractivity contribution in [2.24, 2.45) is 7.05 Å². The first kappa shape index (κ1) is 13.3. The molecule has 1 N–H and O–H groups in total. The SMILES string of the molecule is Cn1cc(C(O)C2(c3ccccc3)CCOCC2)cn1. The van der Waals surface area contributed by atoms with Crippen molar-refractivity contribution >= 4 is 0 Å². The van der Waals surface area contributed by atoms with Crippen molar-refractivity contribution in [2.75, 3.05) is 13.2 Å². The lowest BCUT2D eigenvalue weighted by Gasteiger charge is -2.41. The summed E-state index contributed by atoms with van der Waals surface area (Å²) in [6, 6.07) is 10.3. The van der Waals surface area contributed by atoms with Crippen molar-refractivity contribution in [2.45, 2.75) is 24.4 Å². The largest absolute Gasteiger partial charge is 0.387 e. The highest BCUT2D eigenvalue weighted by molar-refractivity contribution is 5.31. The number of hydrogen-bond acceptors (Lipinski definition) is 3. The predicted molar refractivity (Wildman–Crippen MR) is 76.3 cm³/mol. The summed E-state index contributed by atoms with van der Waals surface area (Å²) in [6.07, 6.45) is 4.75. The first-order valence-electron chi connectivity index (χ1n) is 7.02. The van der Waals surface area contributed by atoms with Crippen molar-refractivity contribution in [3.63, 3.8) is 0 Å². The number of aromatic nitrogens is 2. The molecular formula is C16H20N2O2. The Bertz CT molecular complexity index is 559. The fourth-order valence-corrected chi connectivity index (χ4v) is 3.13. The number of hydrogen-bond donors (Lipinski definition) is 1. The molecule has 1 aromatic carbocycles. The molecule has 1 aliphatic rings. The number of benzene rings is 1. The van der Waals surface area contributed by atoms with E-state index in [1.807, 2.05) is 31.4 Å². The molecule has 0 radical (unpaired) electrons. The van der Waals surface area contributed by atoms with Gasteiger partial charge in [-0.2, -0.15) is 5.10 Å². The minimum absolute atomic E-state index is 0.275. The average molecular weight is 272 g/mol. The normalized spacial score (nSPS) is 19.7. The summed E-state index contributed by atoms with van der Waals surface area (Å²) in [7, 11) is 1.87. The van der Waals surface area contributed by atoms with Crippen LogP contribution in [-0.2, 0) is 17.2 Å². The minimum atomic E-state index is -0.553. The molecular weight excluding hydrogens is 252 g/mol. The molecule has 0 saturated carbocycles. The molecule has 1 aromatic heterocycles. The van der Waals surface area contributed by atoms with Crippen molar-refractivity contribution in [3.8, 4) is 0 Å². The van der Waals surface area contributed by atoms with Crippen LogP contribution in [0, 0.1) is 0 Å². The second kappa shape index (κ2) is 5.38. The number of nitrogens with zero attached hydrogens (tertiary/aromatic N) is 2.